The summed E-state index contributed by atoms with van der Waals surface area (Å²) in [5, 5.41) is 1.06. The van der Waals surface area contributed by atoms with Crippen LogP contribution in [0.5, 0.6) is 0 Å². The summed E-state index contributed by atoms with van der Waals surface area (Å²) in [7, 11) is 0. The van der Waals surface area contributed by atoms with Crippen LogP contribution in [0.4, 0.5) is 5.82 Å². The fraction of sp³-hybridized carbons (Fsp3) is 0.435. The van der Waals surface area contributed by atoms with E-state index in [0.29, 0.717) is 5.91 Å². The lowest BCUT2D eigenvalue weighted by Crippen LogP contribution is -2.43. The number of benzene rings is 1. The monoisotopic (exact) mass is 387 g/mol. The largest absolute Gasteiger partial charge is 0.354 e. The topological polar surface area (TPSA) is 65.1 Å². The van der Waals surface area contributed by atoms with Crippen molar-refractivity contribution >= 4 is 22.8 Å². The van der Waals surface area contributed by atoms with E-state index in [1.165, 1.54) is 18.4 Å². The smallest absolute Gasteiger partial charge is 0.233 e. The highest BCUT2D eigenvalue weighted by atomic mass is 16.2. The Kier molecular flexibility index (Phi) is 3.55. The Labute approximate surface area is 169 Å². The minimum Gasteiger partial charge on any atom is -0.354 e. The number of fused-ring (bicyclic) bond motifs is 1. The highest BCUT2D eigenvalue weighted by Gasteiger charge is 2.55. The Balaban J connectivity index is 1.29. The van der Waals surface area contributed by atoms with E-state index in [-0.39, 0.29) is 10.8 Å². The number of hydrogen-bond acceptors (Lipinski definition) is 4. The average Bonchev–Trinajstić information content (AvgIpc) is 3.68. The van der Waals surface area contributed by atoms with Crippen LogP contribution >= 0.6 is 0 Å². The van der Waals surface area contributed by atoms with Gasteiger partial charge in [0, 0.05) is 37.8 Å². The summed E-state index contributed by atoms with van der Waals surface area (Å²) in [6, 6.07) is 12.4. The van der Waals surface area contributed by atoms with Gasteiger partial charge in [0.1, 0.15) is 17.8 Å². The van der Waals surface area contributed by atoms with Crippen molar-refractivity contribution in [1.82, 2.24) is 19.9 Å². The van der Waals surface area contributed by atoms with E-state index in [9.17, 15) is 4.79 Å². The maximum Gasteiger partial charge on any atom is 0.233 e. The number of nitrogens with zero attached hydrogens (tertiary/aromatic N) is 4. The van der Waals surface area contributed by atoms with Gasteiger partial charge in [0.15, 0.2) is 0 Å². The molecule has 1 amide bonds. The number of aromatic nitrogens is 3. The van der Waals surface area contributed by atoms with Crippen LogP contribution in [0.2, 0.25) is 0 Å². The first-order valence-corrected chi connectivity index (χ1v) is 10.6. The summed E-state index contributed by atoms with van der Waals surface area (Å²) >= 11 is 0. The zero-order valence-corrected chi connectivity index (χ0v) is 16.5. The predicted molar refractivity (Wildman–Crippen MR) is 112 cm³/mol. The summed E-state index contributed by atoms with van der Waals surface area (Å²) in [5.41, 5.74) is 1.99. The molecule has 1 saturated heterocycles. The number of rotatable bonds is 3. The number of nitrogens with one attached hydrogen (secondary N) is 1. The number of aromatic amines is 1. The highest BCUT2D eigenvalue weighted by molar-refractivity contribution is 5.92. The van der Waals surface area contributed by atoms with Crippen molar-refractivity contribution in [2.24, 2.45) is 5.41 Å². The number of anilines is 1. The van der Waals surface area contributed by atoms with E-state index in [1.54, 1.807) is 6.33 Å². The first-order valence-electron chi connectivity index (χ1n) is 10.6. The minimum absolute atomic E-state index is 0.215. The molecule has 6 heteroatoms. The van der Waals surface area contributed by atoms with Gasteiger partial charge in [-0.1, -0.05) is 30.3 Å². The molecule has 1 aliphatic heterocycles. The van der Waals surface area contributed by atoms with Crippen LogP contribution in [0.3, 0.4) is 0 Å². The molecule has 148 valence electrons. The van der Waals surface area contributed by atoms with Gasteiger partial charge in [-0.3, -0.25) is 4.79 Å². The summed E-state index contributed by atoms with van der Waals surface area (Å²) in [5.74, 6) is 1.31. The van der Waals surface area contributed by atoms with Crippen LogP contribution in [-0.4, -0.2) is 51.9 Å². The standard InChI is InChI=1S/C23H25N5O/c29-21(23(9-10-23)17-4-2-1-3-5-17)28-13-12-27(14-22(15-28)7-8-22)20-18-6-11-24-19(18)25-16-26-20/h1-6,11,16H,7-10,12-15H2,(H,24,25,26). The van der Waals surface area contributed by atoms with Gasteiger partial charge in [0.05, 0.1) is 10.8 Å². The van der Waals surface area contributed by atoms with Crippen molar-refractivity contribution in [2.45, 2.75) is 31.1 Å². The van der Waals surface area contributed by atoms with Crippen molar-refractivity contribution < 1.29 is 4.79 Å². The minimum atomic E-state index is -0.282. The lowest BCUT2D eigenvalue weighted by Gasteiger charge is -2.28. The van der Waals surface area contributed by atoms with Crippen LogP contribution < -0.4 is 4.90 Å². The molecule has 3 heterocycles. The molecule has 6 rings (SSSR count). The molecule has 2 aliphatic carbocycles. The van der Waals surface area contributed by atoms with Crippen molar-refractivity contribution in [3.05, 3.63) is 54.5 Å². The van der Waals surface area contributed by atoms with Crippen LogP contribution in [0, 0.1) is 5.41 Å². The molecule has 2 aromatic heterocycles. The fourth-order valence-electron chi connectivity index (χ4n) is 5.03. The number of carbonyl (C=O) groups excluding carboxylic acids is 1. The summed E-state index contributed by atoms with van der Waals surface area (Å²) in [6.45, 7) is 3.41. The Morgan fingerprint density at radius 3 is 2.55 bits per heavy atom. The van der Waals surface area contributed by atoms with Gasteiger partial charge < -0.3 is 14.8 Å². The second kappa shape index (κ2) is 6.05. The number of carbonyl (C=O) groups is 1. The van der Waals surface area contributed by atoms with Crippen molar-refractivity contribution in [1.29, 1.82) is 0 Å². The van der Waals surface area contributed by atoms with Crippen LogP contribution in [0.15, 0.2) is 48.9 Å². The third kappa shape index (κ3) is 2.73. The highest BCUT2D eigenvalue weighted by Crippen LogP contribution is 2.52. The molecule has 3 aromatic rings. The molecule has 3 fully saturated rings. The van der Waals surface area contributed by atoms with Crippen molar-refractivity contribution in [3.8, 4) is 0 Å². The van der Waals surface area contributed by atoms with E-state index in [2.05, 4.69) is 36.9 Å². The van der Waals surface area contributed by atoms with E-state index < -0.39 is 0 Å². The SMILES string of the molecule is O=C(N1CCN(c2ncnc3[nH]ccc23)CC2(CC2)C1)C1(c2ccccc2)CC1. The Bertz CT molecular complexity index is 1070. The Morgan fingerprint density at radius 1 is 0.966 bits per heavy atom. The van der Waals surface area contributed by atoms with Crippen molar-refractivity contribution in [3.63, 3.8) is 0 Å². The molecule has 0 atom stereocenters. The zero-order valence-electron chi connectivity index (χ0n) is 16.5. The van der Waals surface area contributed by atoms with Gasteiger partial charge >= 0.3 is 0 Å². The molecule has 0 unspecified atom stereocenters. The maximum absolute atomic E-state index is 13.6. The third-order valence-corrected chi connectivity index (χ3v) is 7.05. The van der Waals surface area contributed by atoms with Gasteiger partial charge in [-0.05, 0) is 37.3 Å². The lowest BCUT2D eigenvalue weighted by atomic mass is 9.93. The first-order chi connectivity index (χ1) is 14.2. The van der Waals surface area contributed by atoms with E-state index in [4.69, 9.17) is 0 Å². The van der Waals surface area contributed by atoms with Gasteiger partial charge in [-0.25, -0.2) is 9.97 Å². The molecular formula is C23H25N5O. The first kappa shape index (κ1) is 17.0. The summed E-state index contributed by atoms with van der Waals surface area (Å²) in [4.78, 5) is 30.3. The molecule has 0 radical (unpaired) electrons. The molecule has 1 N–H and O–H groups in total. The van der Waals surface area contributed by atoms with Crippen LogP contribution in [-0.2, 0) is 10.2 Å². The molecule has 6 nitrogen and oxygen atoms in total. The quantitative estimate of drug-likeness (QED) is 0.750. The van der Waals surface area contributed by atoms with Gasteiger partial charge in [-0.2, -0.15) is 0 Å². The zero-order chi connectivity index (χ0) is 19.5. The van der Waals surface area contributed by atoms with E-state index in [0.717, 1.165) is 55.9 Å². The van der Waals surface area contributed by atoms with Gasteiger partial charge in [-0.15, -0.1) is 0 Å². The molecule has 3 aliphatic rings. The normalized spacial score (nSPS) is 21.9. The lowest BCUT2D eigenvalue weighted by molar-refractivity contribution is -0.134. The predicted octanol–water partition coefficient (Wildman–Crippen LogP) is 3.12. The van der Waals surface area contributed by atoms with E-state index in [1.807, 2.05) is 30.5 Å². The average molecular weight is 387 g/mol. The Hall–Kier alpha value is -2.89. The number of H-pyrrole nitrogens is 1. The Morgan fingerprint density at radius 2 is 1.79 bits per heavy atom. The second-order valence-electron chi connectivity index (χ2n) is 9.03. The molecular weight excluding hydrogens is 362 g/mol. The summed E-state index contributed by atoms with van der Waals surface area (Å²) in [6.07, 6.45) is 7.87. The molecule has 29 heavy (non-hydrogen) atoms. The maximum atomic E-state index is 13.6. The third-order valence-electron chi connectivity index (χ3n) is 7.05. The van der Waals surface area contributed by atoms with Gasteiger partial charge in [0.2, 0.25) is 5.91 Å². The fourth-order valence-corrected chi connectivity index (χ4v) is 5.03. The number of amides is 1. The number of hydrogen-bond donors (Lipinski definition) is 1. The molecule has 2 saturated carbocycles. The summed E-state index contributed by atoms with van der Waals surface area (Å²) < 4.78 is 0. The van der Waals surface area contributed by atoms with Crippen molar-refractivity contribution in [2.75, 3.05) is 31.1 Å². The molecule has 1 spiro atoms. The molecule has 0 bridgehead atoms. The van der Waals surface area contributed by atoms with Crippen LogP contribution in [0.1, 0.15) is 31.2 Å². The van der Waals surface area contributed by atoms with Crippen LogP contribution in [0.25, 0.3) is 11.0 Å². The second-order valence-corrected chi connectivity index (χ2v) is 9.03. The van der Waals surface area contributed by atoms with E-state index >= 15 is 0 Å². The van der Waals surface area contributed by atoms with Gasteiger partial charge in [0.25, 0.3) is 0 Å². The molecule has 1 aromatic carbocycles.